The lowest BCUT2D eigenvalue weighted by atomic mass is 10.1. The first-order valence-corrected chi connectivity index (χ1v) is 11.3. The lowest BCUT2D eigenvalue weighted by Gasteiger charge is -2.22. The minimum absolute atomic E-state index is 0.135. The van der Waals surface area contributed by atoms with E-state index in [1.165, 1.54) is 10.4 Å². The standard InChI is InChI=1S/C21H30N4O4S/c1-5-25(6-2)30(28,29)18-11-12-20(24(3)4)19(15-18)23-21(27)22-14-13-16-7-9-17(26)10-8-16/h7-12,15,26H,5-6,13-14H2,1-4H3,(H2,22,23,27). The number of hydrogen-bond acceptors (Lipinski definition) is 5. The summed E-state index contributed by atoms with van der Waals surface area (Å²) in [5, 5.41) is 14.9. The number of phenolic OH excluding ortho intramolecular Hbond substituents is 1. The highest BCUT2D eigenvalue weighted by Gasteiger charge is 2.23. The van der Waals surface area contributed by atoms with E-state index in [-0.39, 0.29) is 10.6 Å². The van der Waals surface area contributed by atoms with Crippen LogP contribution in [0.25, 0.3) is 0 Å². The Morgan fingerprint density at radius 1 is 1.03 bits per heavy atom. The molecule has 2 aromatic rings. The van der Waals surface area contributed by atoms with Gasteiger partial charge in [-0.1, -0.05) is 26.0 Å². The van der Waals surface area contributed by atoms with Crippen LogP contribution >= 0.6 is 0 Å². The number of amides is 2. The van der Waals surface area contributed by atoms with Gasteiger partial charge in [0.2, 0.25) is 10.0 Å². The first-order chi connectivity index (χ1) is 14.2. The lowest BCUT2D eigenvalue weighted by molar-refractivity contribution is 0.252. The molecule has 0 fully saturated rings. The Bertz CT molecular complexity index is 955. The van der Waals surface area contributed by atoms with E-state index in [0.29, 0.717) is 37.4 Å². The van der Waals surface area contributed by atoms with Crippen LogP contribution < -0.4 is 15.5 Å². The fourth-order valence-electron chi connectivity index (χ4n) is 3.03. The van der Waals surface area contributed by atoms with Gasteiger partial charge in [0.25, 0.3) is 0 Å². The van der Waals surface area contributed by atoms with Crippen molar-refractivity contribution in [3.05, 3.63) is 48.0 Å². The summed E-state index contributed by atoms with van der Waals surface area (Å²) in [5.74, 6) is 0.195. The van der Waals surface area contributed by atoms with Crippen molar-refractivity contribution < 1.29 is 18.3 Å². The number of nitrogens with zero attached hydrogens (tertiary/aromatic N) is 2. The highest BCUT2D eigenvalue weighted by molar-refractivity contribution is 7.89. The third-order valence-electron chi connectivity index (χ3n) is 4.68. The summed E-state index contributed by atoms with van der Waals surface area (Å²) in [6, 6.07) is 11.1. The quantitative estimate of drug-likeness (QED) is 0.563. The molecule has 2 aromatic carbocycles. The topological polar surface area (TPSA) is 102 Å². The van der Waals surface area contributed by atoms with Crippen LogP contribution in [0.1, 0.15) is 19.4 Å². The number of anilines is 2. The average molecular weight is 435 g/mol. The molecule has 0 heterocycles. The number of rotatable bonds is 9. The summed E-state index contributed by atoms with van der Waals surface area (Å²) in [7, 11) is 0.00668. The Morgan fingerprint density at radius 2 is 1.67 bits per heavy atom. The maximum Gasteiger partial charge on any atom is 0.319 e. The predicted molar refractivity (Wildman–Crippen MR) is 120 cm³/mol. The van der Waals surface area contributed by atoms with Crippen LogP contribution in [0.2, 0.25) is 0 Å². The largest absolute Gasteiger partial charge is 0.508 e. The number of urea groups is 1. The first-order valence-electron chi connectivity index (χ1n) is 9.83. The molecule has 0 aliphatic heterocycles. The van der Waals surface area contributed by atoms with Crippen molar-refractivity contribution in [2.75, 3.05) is 43.9 Å². The number of aromatic hydroxyl groups is 1. The molecule has 0 radical (unpaired) electrons. The Balaban J connectivity index is 2.14. The molecule has 9 heteroatoms. The van der Waals surface area contributed by atoms with Gasteiger partial charge < -0.3 is 20.6 Å². The Kier molecular flexibility index (Phi) is 8.08. The number of phenols is 1. The molecule has 0 saturated heterocycles. The van der Waals surface area contributed by atoms with Crippen molar-refractivity contribution in [2.24, 2.45) is 0 Å². The van der Waals surface area contributed by atoms with Crippen LogP contribution in [0.3, 0.4) is 0 Å². The van der Waals surface area contributed by atoms with Crippen molar-refractivity contribution in [2.45, 2.75) is 25.2 Å². The van der Waals surface area contributed by atoms with E-state index in [4.69, 9.17) is 0 Å². The number of carbonyl (C=O) groups excluding carboxylic acids is 1. The second kappa shape index (κ2) is 10.3. The second-order valence-corrected chi connectivity index (χ2v) is 8.90. The molecule has 0 unspecified atom stereocenters. The molecule has 8 nitrogen and oxygen atoms in total. The fourth-order valence-corrected chi connectivity index (χ4v) is 4.51. The normalized spacial score (nSPS) is 11.4. The van der Waals surface area contributed by atoms with Gasteiger partial charge in [0.15, 0.2) is 0 Å². The third-order valence-corrected chi connectivity index (χ3v) is 6.72. The zero-order valence-electron chi connectivity index (χ0n) is 17.8. The number of carbonyl (C=O) groups is 1. The van der Waals surface area contributed by atoms with Crippen molar-refractivity contribution in [3.8, 4) is 5.75 Å². The van der Waals surface area contributed by atoms with Crippen LogP contribution in [-0.2, 0) is 16.4 Å². The van der Waals surface area contributed by atoms with E-state index in [9.17, 15) is 18.3 Å². The van der Waals surface area contributed by atoms with Crippen LogP contribution in [0.15, 0.2) is 47.4 Å². The zero-order valence-corrected chi connectivity index (χ0v) is 18.7. The number of nitrogens with one attached hydrogen (secondary N) is 2. The number of sulfonamides is 1. The highest BCUT2D eigenvalue weighted by Crippen LogP contribution is 2.29. The van der Waals surface area contributed by atoms with E-state index >= 15 is 0 Å². The first kappa shape index (κ1) is 23.5. The number of benzene rings is 2. The molecule has 3 N–H and O–H groups in total. The highest BCUT2D eigenvalue weighted by atomic mass is 32.2. The van der Waals surface area contributed by atoms with E-state index in [0.717, 1.165) is 5.56 Å². The molecular weight excluding hydrogens is 404 g/mol. The van der Waals surface area contributed by atoms with Gasteiger partial charge in [-0.15, -0.1) is 0 Å². The summed E-state index contributed by atoms with van der Waals surface area (Å²) in [4.78, 5) is 14.3. The van der Waals surface area contributed by atoms with Gasteiger partial charge in [0, 0.05) is 33.7 Å². The average Bonchev–Trinajstić information content (AvgIpc) is 2.70. The van der Waals surface area contributed by atoms with Gasteiger partial charge in [0.05, 0.1) is 16.3 Å². The molecule has 0 atom stereocenters. The SMILES string of the molecule is CCN(CC)S(=O)(=O)c1ccc(N(C)C)c(NC(=O)NCCc2ccc(O)cc2)c1. The maximum absolute atomic E-state index is 12.8. The summed E-state index contributed by atoms with van der Waals surface area (Å²) >= 11 is 0. The molecule has 0 spiro atoms. The molecule has 0 aromatic heterocycles. The molecule has 0 saturated carbocycles. The van der Waals surface area contributed by atoms with Crippen LogP contribution in [0.4, 0.5) is 16.2 Å². The van der Waals surface area contributed by atoms with Crippen molar-refractivity contribution in [1.29, 1.82) is 0 Å². The summed E-state index contributed by atoms with van der Waals surface area (Å²) < 4.78 is 27.0. The van der Waals surface area contributed by atoms with Gasteiger partial charge >= 0.3 is 6.03 Å². The predicted octanol–water partition coefficient (Wildman–Crippen LogP) is 2.85. The summed E-state index contributed by atoms with van der Waals surface area (Å²) in [5.41, 5.74) is 2.09. The monoisotopic (exact) mass is 434 g/mol. The van der Waals surface area contributed by atoms with Crippen molar-refractivity contribution >= 4 is 27.4 Å². The summed E-state index contributed by atoms with van der Waals surface area (Å²) in [6.07, 6.45) is 0.602. The van der Waals surface area contributed by atoms with Crippen LogP contribution in [-0.4, -0.2) is 57.6 Å². The maximum atomic E-state index is 12.8. The van der Waals surface area contributed by atoms with Crippen molar-refractivity contribution in [3.63, 3.8) is 0 Å². The minimum atomic E-state index is -3.64. The minimum Gasteiger partial charge on any atom is -0.508 e. The van der Waals surface area contributed by atoms with Crippen molar-refractivity contribution in [1.82, 2.24) is 9.62 Å². The lowest BCUT2D eigenvalue weighted by Crippen LogP contribution is -2.32. The second-order valence-electron chi connectivity index (χ2n) is 6.96. The van der Waals surface area contributed by atoms with Gasteiger partial charge in [-0.3, -0.25) is 0 Å². The Morgan fingerprint density at radius 3 is 2.23 bits per heavy atom. The molecule has 0 aliphatic carbocycles. The smallest absolute Gasteiger partial charge is 0.319 e. The summed E-state index contributed by atoms with van der Waals surface area (Å²) in [6.45, 7) is 4.71. The molecule has 164 valence electrons. The third kappa shape index (κ3) is 5.87. The molecule has 2 amide bonds. The number of hydrogen-bond donors (Lipinski definition) is 3. The van der Waals surface area contributed by atoms with E-state index in [1.54, 1.807) is 55.1 Å². The van der Waals surface area contributed by atoms with Gasteiger partial charge in [-0.2, -0.15) is 4.31 Å². The van der Waals surface area contributed by atoms with Crippen LogP contribution in [0, 0.1) is 0 Å². The Hall–Kier alpha value is -2.78. The van der Waals surface area contributed by atoms with Gasteiger partial charge in [0.1, 0.15) is 5.75 Å². The molecule has 30 heavy (non-hydrogen) atoms. The van der Waals surface area contributed by atoms with Gasteiger partial charge in [-0.05, 0) is 42.3 Å². The molecule has 0 bridgehead atoms. The molecular formula is C21H30N4O4S. The zero-order chi connectivity index (χ0) is 22.3. The van der Waals surface area contributed by atoms with Crippen LogP contribution in [0.5, 0.6) is 5.75 Å². The van der Waals surface area contributed by atoms with E-state index in [1.807, 2.05) is 14.1 Å². The molecule has 0 aliphatic rings. The Labute approximate surface area is 178 Å². The molecule has 2 rings (SSSR count). The fraction of sp³-hybridized carbons (Fsp3) is 0.381. The van der Waals surface area contributed by atoms with Gasteiger partial charge in [-0.25, -0.2) is 13.2 Å². The van der Waals surface area contributed by atoms with E-state index in [2.05, 4.69) is 10.6 Å². The van der Waals surface area contributed by atoms with E-state index < -0.39 is 16.1 Å².